The second kappa shape index (κ2) is 5.36. The van der Waals surface area contributed by atoms with Crippen LogP contribution in [-0.4, -0.2) is 28.2 Å². The molecular formula is C14H15N5O2S2. The summed E-state index contributed by atoms with van der Waals surface area (Å²) in [6.07, 6.45) is 2.24. The lowest BCUT2D eigenvalue weighted by Crippen LogP contribution is -2.23. The SMILES string of the molecule is Cc1cccc(S(=O)(=O)NCc2nn3c(C4CC4)nnc3s2)c1. The van der Waals surface area contributed by atoms with Crippen molar-refractivity contribution in [1.82, 2.24) is 24.5 Å². The van der Waals surface area contributed by atoms with Crippen LogP contribution in [0.1, 0.15) is 35.2 Å². The molecule has 1 aliphatic carbocycles. The second-order valence-corrected chi connectivity index (χ2v) is 8.47. The molecule has 0 radical (unpaired) electrons. The number of rotatable bonds is 5. The Kier molecular flexibility index (Phi) is 3.43. The third-order valence-corrected chi connectivity index (χ3v) is 6.01. The highest BCUT2D eigenvalue weighted by Gasteiger charge is 2.30. The van der Waals surface area contributed by atoms with Crippen molar-refractivity contribution in [3.63, 3.8) is 0 Å². The zero-order valence-corrected chi connectivity index (χ0v) is 14.1. The molecule has 120 valence electrons. The first-order valence-electron chi connectivity index (χ1n) is 7.30. The van der Waals surface area contributed by atoms with Crippen LogP contribution in [0.5, 0.6) is 0 Å². The zero-order valence-electron chi connectivity index (χ0n) is 12.4. The van der Waals surface area contributed by atoms with Gasteiger partial charge in [0.25, 0.3) is 0 Å². The molecule has 9 heteroatoms. The lowest BCUT2D eigenvalue weighted by molar-refractivity contribution is 0.580. The number of hydrogen-bond acceptors (Lipinski definition) is 6. The van der Waals surface area contributed by atoms with Gasteiger partial charge in [0.05, 0.1) is 11.4 Å². The van der Waals surface area contributed by atoms with E-state index in [0.717, 1.165) is 24.2 Å². The molecule has 2 aromatic heterocycles. The highest BCUT2D eigenvalue weighted by atomic mass is 32.2. The van der Waals surface area contributed by atoms with Crippen LogP contribution >= 0.6 is 11.3 Å². The molecule has 3 aromatic rings. The number of aromatic nitrogens is 4. The monoisotopic (exact) mass is 349 g/mol. The van der Waals surface area contributed by atoms with Gasteiger partial charge in [-0.15, -0.1) is 10.2 Å². The second-order valence-electron chi connectivity index (χ2n) is 5.66. The molecule has 0 bridgehead atoms. The number of nitrogens with one attached hydrogen (secondary N) is 1. The number of hydrogen-bond donors (Lipinski definition) is 1. The molecule has 0 aliphatic heterocycles. The predicted octanol–water partition coefficient (Wildman–Crippen LogP) is 1.85. The van der Waals surface area contributed by atoms with Gasteiger partial charge in [-0.25, -0.2) is 13.1 Å². The molecule has 0 unspecified atom stereocenters. The molecule has 0 amide bonds. The van der Waals surface area contributed by atoms with Crippen molar-refractivity contribution in [1.29, 1.82) is 0 Å². The van der Waals surface area contributed by atoms with E-state index in [9.17, 15) is 8.42 Å². The fourth-order valence-corrected chi connectivity index (χ4v) is 4.33. The summed E-state index contributed by atoms with van der Waals surface area (Å²) in [7, 11) is -3.54. The Labute approximate surface area is 137 Å². The zero-order chi connectivity index (χ0) is 16.0. The van der Waals surface area contributed by atoms with Crippen LogP contribution in [0.15, 0.2) is 29.2 Å². The van der Waals surface area contributed by atoms with Crippen LogP contribution in [-0.2, 0) is 16.6 Å². The van der Waals surface area contributed by atoms with Gasteiger partial charge in [0.15, 0.2) is 5.82 Å². The number of benzene rings is 1. The first-order chi connectivity index (χ1) is 11.0. The van der Waals surface area contributed by atoms with Crippen molar-refractivity contribution in [3.05, 3.63) is 40.7 Å². The van der Waals surface area contributed by atoms with Gasteiger partial charge < -0.3 is 0 Å². The fourth-order valence-electron chi connectivity index (χ4n) is 2.36. The van der Waals surface area contributed by atoms with Gasteiger partial charge in [-0.3, -0.25) is 0 Å². The standard InChI is InChI=1S/C14H15N5O2S2/c1-9-3-2-4-11(7-9)23(20,21)15-8-12-18-19-13(10-5-6-10)16-17-14(19)22-12/h2-4,7,10,15H,5-6,8H2,1H3. The largest absolute Gasteiger partial charge is 0.240 e. The Morgan fingerprint density at radius 3 is 2.91 bits per heavy atom. The Bertz CT molecular complexity index is 972. The molecular weight excluding hydrogens is 334 g/mol. The molecule has 4 rings (SSSR count). The van der Waals surface area contributed by atoms with E-state index in [2.05, 4.69) is 20.0 Å². The minimum atomic E-state index is -3.54. The van der Waals surface area contributed by atoms with Crippen molar-refractivity contribution in [2.24, 2.45) is 0 Å². The summed E-state index contributed by atoms with van der Waals surface area (Å²) >= 11 is 1.35. The van der Waals surface area contributed by atoms with Gasteiger partial charge in [0.2, 0.25) is 15.0 Å². The molecule has 1 N–H and O–H groups in total. The van der Waals surface area contributed by atoms with Crippen LogP contribution in [0.25, 0.3) is 4.96 Å². The molecule has 1 aromatic carbocycles. The topological polar surface area (TPSA) is 89.2 Å². The fraction of sp³-hybridized carbons (Fsp3) is 0.357. The normalized spacial score (nSPS) is 15.3. The molecule has 23 heavy (non-hydrogen) atoms. The van der Waals surface area contributed by atoms with Crippen LogP contribution in [0.3, 0.4) is 0 Å². The molecule has 1 aliphatic rings. The summed E-state index contributed by atoms with van der Waals surface area (Å²) in [6, 6.07) is 6.82. The highest BCUT2D eigenvalue weighted by molar-refractivity contribution is 7.89. The number of sulfonamides is 1. The Balaban J connectivity index is 1.54. The number of aryl methyl sites for hydroxylation is 1. The van der Waals surface area contributed by atoms with Crippen LogP contribution in [0, 0.1) is 6.92 Å². The average molecular weight is 349 g/mol. The Morgan fingerprint density at radius 2 is 2.17 bits per heavy atom. The van der Waals surface area contributed by atoms with Crippen LogP contribution < -0.4 is 4.72 Å². The average Bonchev–Trinajstić information content (AvgIpc) is 3.15. The van der Waals surface area contributed by atoms with E-state index in [0.29, 0.717) is 15.9 Å². The summed E-state index contributed by atoms with van der Waals surface area (Å²) in [4.78, 5) is 0.968. The number of fused-ring (bicyclic) bond motifs is 1. The predicted molar refractivity (Wildman–Crippen MR) is 85.8 cm³/mol. The molecule has 7 nitrogen and oxygen atoms in total. The molecule has 0 saturated heterocycles. The van der Waals surface area contributed by atoms with Crippen LogP contribution in [0.4, 0.5) is 0 Å². The van der Waals surface area contributed by atoms with Gasteiger partial charge in [-0.05, 0) is 37.5 Å². The first kappa shape index (κ1) is 14.7. The maximum Gasteiger partial charge on any atom is 0.240 e. The summed E-state index contributed by atoms with van der Waals surface area (Å²) in [5, 5.41) is 13.4. The maximum atomic E-state index is 12.3. The van der Waals surface area contributed by atoms with E-state index in [1.807, 2.05) is 13.0 Å². The minimum Gasteiger partial charge on any atom is -0.207 e. The Hall–Kier alpha value is -1.84. The summed E-state index contributed by atoms with van der Waals surface area (Å²) in [5.41, 5.74) is 0.903. The number of nitrogens with zero attached hydrogens (tertiary/aromatic N) is 4. The van der Waals surface area contributed by atoms with Crippen molar-refractivity contribution < 1.29 is 8.42 Å². The molecule has 0 atom stereocenters. The van der Waals surface area contributed by atoms with E-state index < -0.39 is 10.0 Å². The lowest BCUT2D eigenvalue weighted by atomic mass is 10.2. The molecule has 2 heterocycles. The van der Waals surface area contributed by atoms with Crippen LogP contribution in [0.2, 0.25) is 0 Å². The van der Waals surface area contributed by atoms with E-state index in [4.69, 9.17) is 0 Å². The van der Waals surface area contributed by atoms with Crippen molar-refractivity contribution in [2.45, 2.75) is 37.1 Å². The van der Waals surface area contributed by atoms with E-state index in [-0.39, 0.29) is 11.4 Å². The van der Waals surface area contributed by atoms with E-state index >= 15 is 0 Å². The van der Waals surface area contributed by atoms with Gasteiger partial charge in [-0.2, -0.15) is 9.61 Å². The lowest BCUT2D eigenvalue weighted by Gasteiger charge is -2.05. The highest BCUT2D eigenvalue weighted by Crippen LogP contribution is 2.39. The summed E-state index contributed by atoms with van der Waals surface area (Å²) in [6.45, 7) is 2.01. The third-order valence-electron chi connectivity index (χ3n) is 3.71. The minimum absolute atomic E-state index is 0.147. The third kappa shape index (κ3) is 2.87. The molecule has 0 spiro atoms. The smallest absolute Gasteiger partial charge is 0.207 e. The quantitative estimate of drug-likeness (QED) is 0.759. The Morgan fingerprint density at radius 1 is 1.35 bits per heavy atom. The van der Waals surface area contributed by atoms with Gasteiger partial charge in [0, 0.05) is 5.92 Å². The van der Waals surface area contributed by atoms with Gasteiger partial charge in [0.1, 0.15) is 5.01 Å². The van der Waals surface area contributed by atoms with Crippen molar-refractivity contribution in [2.75, 3.05) is 0 Å². The van der Waals surface area contributed by atoms with Gasteiger partial charge >= 0.3 is 0 Å². The molecule has 1 saturated carbocycles. The summed E-state index contributed by atoms with van der Waals surface area (Å²) < 4.78 is 29.0. The molecule has 1 fully saturated rings. The summed E-state index contributed by atoms with van der Waals surface area (Å²) in [5.74, 6) is 1.33. The first-order valence-corrected chi connectivity index (χ1v) is 9.60. The van der Waals surface area contributed by atoms with Crippen molar-refractivity contribution >= 4 is 26.3 Å². The van der Waals surface area contributed by atoms with Crippen molar-refractivity contribution in [3.8, 4) is 0 Å². The maximum absolute atomic E-state index is 12.3. The van der Waals surface area contributed by atoms with E-state index in [1.54, 1.807) is 22.7 Å². The van der Waals surface area contributed by atoms with Gasteiger partial charge in [-0.1, -0.05) is 23.5 Å². The van der Waals surface area contributed by atoms with E-state index in [1.165, 1.54) is 11.3 Å².